The Kier molecular flexibility index (Phi) is 8.86. The van der Waals surface area contributed by atoms with Crippen LogP contribution in [0.3, 0.4) is 0 Å². The number of aromatic nitrogens is 2. The second-order valence-electron chi connectivity index (χ2n) is 6.36. The molecule has 0 bridgehead atoms. The molecule has 3 rings (SSSR count). The predicted molar refractivity (Wildman–Crippen MR) is 110 cm³/mol. The van der Waals surface area contributed by atoms with Crippen LogP contribution in [0.25, 0.3) is 0 Å². The van der Waals surface area contributed by atoms with Gasteiger partial charge in [-0.25, -0.2) is 14.8 Å². The van der Waals surface area contributed by atoms with E-state index < -0.39 is 12.0 Å². The lowest BCUT2D eigenvalue weighted by atomic mass is 10.1. The van der Waals surface area contributed by atoms with Gasteiger partial charge in [-0.05, 0) is 25.1 Å². The molecule has 2 atom stereocenters. The summed E-state index contributed by atoms with van der Waals surface area (Å²) in [5.41, 5.74) is 5.89. The van der Waals surface area contributed by atoms with Crippen molar-refractivity contribution in [3.8, 4) is 0 Å². The number of hydrogen-bond donors (Lipinski definition) is 1. The lowest BCUT2D eigenvalue weighted by Crippen LogP contribution is -2.51. The van der Waals surface area contributed by atoms with Crippen molar-refractivity contribution < 1.29 is 20.4 Å². The van der Waals surface area contributed by atoms with E-state index in [-0.39, 0.29) is 6.54 Å². The average Bonchev–Trinajstić information content (AvgIpc) is 2.78. The van der Waals surface area contributed by atoms with Gasteiger partial charge in [0.25, 0.3) is 0 Å². The molecule has 2 aromatic carbocycles. The van der Waals surface area contributed by atoms with E-state index in [0.717, 1.165) is 0 Å². The highest BCUT2D eigenvalue weighted by Gasteiger charge is 2.18. The van der Waals surface area contributed by atoms with E-state index in [1.807, 2.05) is 24.3 Å². The van der Waals surface area contributed by atoms with Gasteiger partial charge in [-0.1, -0.05) is 48.5 Å². The largest absolute Gasteiger partial charge is 0.548 e. The summed E-state index contributed by atoms with van der Waals surface area (Å²) in [5.74, 6) is -1.16. The van der Waals surface area contributed by atoms with Gasteiger partial charge in [-0.15, -0.1) is 0 Å². The molecule has 0 fully saturated rings. The number of benzene rings is 2. The zero-order valence-electron chi connectivity index (χ0n) is 16.6. The van der Waals surface area contributed by atoms with Crippen LogP contribution in [0.5, 0.6) is 0 Å². The number of quaternary nitrogens is 1. The molecule has 8 nitrogen and oxygen atoms in total. The number of carbonyl (C=O) groups is 1. The summed E-state index contributed by atoms with van der Waals surface area (Å²) in [6.45, 7) is 1.96. The van der Waals surface area contributed by atoms with Gasteiger partial charge in [0.05, 0.1) is 12.5 Å². The molecule has 0 aliphatic heterocycles. The van der Waals surface area contributed by atoms with Crippen LogP contribution in [0.4, 0.5) is 11.6 Å². The number of hydrogen-bond acceptors (Lipinski definition) is 7. The number of para-hydroxylation sites is 1. The van der Waals surface area contributed by atoms with Gasteiger partial charge >= 0.3 is 0 Å². The first kappa shape index (κ1) is 22.4. The Morgan fingerprint density at radius 2 is 1.63 bits per heavy atom. The van der Waals surface area contributed by atoms with Crippen molar-refractivity contribution in [3.05, 3.63) is 84.7 Å². The van der Waals surface area contributed by atoms with Gasteiger partial charge in [0, 0.05) is 23.6 Å². The zero-order valence-corrected chi connectivity index (χ0v) is 16.6. The monoisotopic (exact) mass is 405 g/mol. The molecule has 1 unspecified atom stereocenters. The molecule has 0 spiro atoms. The van der Waals surface area contributed by atoms with Crippen LogP contribution in [0.1, 0.15) is 18.5 Å². The van der Waals surface area contributed by atoms with Gasteiger partial charge in [0.1, 0.15) is 12.1 Å². The van der Waals surface area contributed by atoms with Crippen molar-refractivity contribution in [2.75, 3.05) is 11.4 Å². The summed E-state index contributed by atoms with van der Waals surface area (Å²) in [6.07, 6.45) is 4.32. The maximum Gasteiger partial charge on any atom is 0.235 e. The Labute approximate surface area is 174 Å². The number of carbonyl (C=O) groups excluding carboxylic acids is 2. The quantitative estimate of drug-likeness (QED) is 0.463. The van der Waals surface area contributed by atoms with Crippen LogP contribution in [0.2, 0.25) is 0 Å². The number of carboxylic acid groups (broad SMARTS) is 1. The number of aliphatic carboxylic acids is 1. The molecule has 154 valence electrons. The maximum atomic E-state index is 11.0. The Bertz CT molecular complexity index is 905. The highest BCUT2D eigenvalue weighted by molar-refractivity contribution is 5.74. The van der Waals surface area contributed by atoms with Gasteiger partial charge < -0.3 is 20.5 Å². The fourth-order valence-corrected chi connectivity index (χ4v) is 2.53. The minimum absolute atomic E-state index is 0.133. The van der Waals surface area contributed by atoms with Crippen molar-refractivity contribution in [3.63, 3.8) is 0 Å². The highest BCUT2D eigenvalue weighted by Crippen LogP contribution is 2.21. The molecule has 30 heavy (non-hydrogen) atoms. The molecular weight excluding hydrogens is 382 g/mol. The normalized spacial score (nSPS) is 11.8. The van der Waals surface area contributed by atoms with Crippen molar-refractivity contribution >= 4 is 23.7 Å². The van der Waals surface area contributed by atoms with E-state index >= 15 is 0 Å². The van der Waals surface area contributed by atoms with Crippen LogP contribution in [-0.4, -0.2) is 34.6 Å². The highest BCUT2D eigenvalue weighted by atomic mass is 16.4. The maximum absolute atomic E-state index is 11.0. The van der Waals surface area contributed by atoms with Crippen LogP contribution < -0.4 is 15.7 Å². The topological polar surface area (TPSA) is 126 Å². The van der Waals surface area contributed by atoms with Crippen molar-refractivity contribution in [1.82, 2.24) is 9.97 Å². The zero-order chi connectivity index (χ0) is 21.8. The van der Waals surface area contributed by atoms with E-state index in [1.54, 1.807) is 35.2 Å². The summed E-state index contributed by atoms with van der Waals surface area (Å²) in [4.78, 5) is 34.3. The van der Waals surface area contributed by atoms with Gasteiger partial charge in [-0.3, -0.25) is 0 Å². The second-order valence-corrected chi connectivity index (χ2v) is 6.36. The smallest absolute Gasteiger partial charge is 0.235 e. The van der Waals surface area contributed by atoms with E-state index in [1.165, 1.54) is 24.0 Å². The summed E-state index contributed by atoms with van der Waals surface area (Å²) in [7, 11) is 0. The molecule has 3 aromatic rings. The minimum atomic E-state index is -1.46. The Morgan fingerprint density at radius 3 is 2.10 bits per heavy atom. The van der Waals surface area contributed by atoms with Crippen molar-refractivity contribution in [1.29, 1.82) is 0 Å². The molecule has 1 heterocycles. The summed E-state index contributed by atoms with van der Waals surface area (Å²) in [6, 6.07) is 19.9. The molecule has 0 saturated heterocycles. The van der Waals surface area contributed by atoms with Crippen LogP contribution in [0.15, 0.2) is 84.1 Å². The number of carboxylic acids is 1. The molecule has 0 saturated carbocycles. The lowest BCUT2D eigenvalue weighted by molar-refractivity contribution is -0.420. The van der Waals surface area contributed by atoms with Crippen molar-refractivity contribution in [2.24, 2.45) is 4.99 Å². The molecular formula is C22H23N5O3. The molecule has 0 amide bonds. The fourth-order valence-electron chi connectivity index (χ4n) is 2.53. The number of anilines is 2. The standard InChI is InChI=1S/C14H12N4O3.C8H11N/c19-10-17-12(13(20)21)9-18(11-5-2-1-3-6-11)14-15-7-4-8-16-14;1-7(9)8-5-3-2-4-6-8/h1-8,12H,9H2,(H,20,21);2-7H,9H2,1H3/t;7-/m.0/s1. The third kappa shape index (κ3) is 6.94. The van der Waals surface area contributed by atoms with E-state index in [2.05, 4.69) is 39.8 Å². The molecule has 3 N–H and O–H groups in total. The van der Waals surface area contributed by atoms with Crippen LogP contribution in [-0.2, 0) is 9.59 Å². The SMILES string of the molecule is C[C@H]([NH3+])c1ccccc1.O=C=NC(CN(c1ccccc1)c1ncccn1)C(=O)[O-]. The van der Waals surface area contributed by atoms with Gasteiger partial charge in [0.15, 0.2) is 0 Å². The summed E-state index contributed by atoms with van der Waals surface area (Å²) >= 11 is 0. The molecule has 0 aliphatic rings. The van der Waals surface area contributed by atoms with E-state index in [4.69, 9.17) is 0 Å². The first-order chi connectivity index (χ1) is 14.5. The summed E-state index contributed by atoms with van der Waals surface area (Å²) in [5, 5.41) is 11.0. The number of nitrogens with zero attached hydrogens (tertiary/aromatic N) is 4. The number of isocyanates is 1. The molecule has 0 radical (unpaired) electrons. The van der Waals surface area contributed by atoms with Crippen LogP contribution >= 0.6 is 0 Å². The van der Waals surface area contributed by atoms with E-state index in [0.29, 0.717) is 17.7 Å². The van der Waals surface area contributed by atoms with Crippen LogP contribution in [0, 0.1) is 0 Å². The molecule has 8 heteroatoms. The van der Waals surface area contributed by atoms with Gasteiger partial charge in [0.2, 0.25) is 12.0 Å². The molecule has 0 aliphatic carbocycles. The first-order valence-electron chi connectivity index (χ1n) is 9.28. The lowest BCUT2D eigenvalue weighted by Gasteiger charge is -2.25. The van der Waals surface area contributed by atoms with Crippen molar-refractivity contribution in [2.45, 2.75) is 19.0 Å². The minimum Gasteiger partial charge on any atom is -0.548 e. The van der Waals surface area contributed by atoms with Gasteiger partial charge in [-0.2, -0.15) is 4.99 Å². The number of rotatable bonds is 7. The third-order valence-corrected chi connectivity index (χ3v) is 4.07. The molecule has 1 aromatic heterocycles. The second kappa shape index (κ2) is 11.9. The first-order valence-corrected chi connectivity index (χ1v) is 9.28. The Hall–Kier alpha value is -3.87. The number of aliphatic imine (C=N–C) groups is 1. The predicted octanol–water partition coefficient (Wildman–Crippen LogP) is 1.06. The summed E-state index contributed by atoms with van der Waals surface area (Å²) < 4.78 is 0. The fraction of sp³-hybridized carbons (Fsp3) is 0.182. The average molecular weight is 405 g/mol. The Balaban J connectivity index is 0.000000297. The third-order valence-electron chi connectivity index (χ3n) is 4.07. The Morgan fingerprint density at radius 1 is 1.07 bits per heavy atom. The van der Waals surface area contributed by atoms with E-state index in [9.17, 15) is 14.7 Å².